The quantitative estimate of drug-likeness (QED) is 0.359. The minimum absolute atomic E-state index is 0.00556. The lowest BCUT2D eigenvalue weighted by atomic mass is 9.76. The summed E-state index contributed by atoms with van der Waals surface area (Å²) in [6.07, 6.45) is 0.324. The Hall–Kier alpha value is -3.23. The second-order valence-corrected chi connectivity index (χ2v) is 6.00. The number of carbonyl (C=O) groups excluding carboxylic acids is 1. The highest BCUT2D eigenvalue weighted by Crippen LogP contribution is 2.39. The topological polar surface area (TPSA) is 146 Å². The van der Waals surface area contributed by atoms with Crippen LogP contribution in [0.2, 0.25) is 0 Å². The maximum Gasteiger partial charge on any atom is 0.315 e. The predicted molar refractivity (Wildman–Crippen MR) is 92.7 cm³/mol. The molecule has 1 aromatic rings. The number of rotatable bonds is 8. The van der Waals surface area contributed by atoms with Crippen LogP contribution in [0.25, 0.3) is 0 Å². The molecule has 9 nitrogen and oxygen atoms in total. The van der Waals surface area contributed by atoms with Gasteiger partial charge >= 0.3 is 11.9 Å². The third-order valence-corrected chi connectivity index (χ3v) is 4.18. The van der Waals surface area contributed by atoms with Gasteiger partial charge in [0.1, 0.15) is 17.4 Å². The summed E-state index contributed by atoms with van der Waals surface area (Å²) >= 11 is 0. The first-order valence-electron chi connectivity index (χ1n) is 8.28. The number of aliphatic hydroxyl groups is 1. The van der Waals surface area contributed by atoms with Gasteiger partial charge in [0.05, 0.1) is 6.61 Å². The minimum Gasteiger partial charge on any atom is -0.510 e. The van der Waals surface area contributed by atoms with Crippen LogP contribution in [0.4, 0.5) is 0 Å². The fourth-order valence-corrected chi connectivity index (χ4v) is 2.92. The van der Waals surface area contributed by atoms with E-state index in [-0.39, 0.29) is 30.9 Å². The summed E-state index contributed by atoms with van der Waals surface area (Å²) < 4.78 is 5.43. The average Bonchev–Trinajstić information content (AvgIpc) is 2.61. The number of Topliss-reactive ketones (excluding diaryl/α,β-unsaturated/α-hetero) is 1. The molecule has 2 rings (SSSR count). The zero-order valence-corrected chi connectivity index (χ0v) is 14.7. The summed E-state index contributed by atoms with van der Waals surface area (Å²) in [7, 11) is 1.32. The van der Waals surface area contributed by atoms with E-state index in [9.17, 15) is 24.6 Å². The van der Waals surface area contributed by atoms with Gasteiger partial charge in [0.15, 0.2) is 5.70 Å². The van der Waals surface area contributed by atoms with Crippen LogP contribution in [0.15, 0.2) is 46.0 Å². The monoisotopic (exact) mass is 376 g/mol. The third kappa shape index (κ3) is 4.90. The van der Waals surface area contributed by atoms with Crippen LogP contribution in [-0.2, 0) is 14.4 Å². The van der Waals surface area contributed by atoms with Gasteiger partial charge in [-0.2, -0.15) is 5.11 Å². The van der Waals surface area contributed by atoms with E-state index in [1.807, 2.05) is 0 Å². The Bertz CT molecular complexity index is 783. The molecule has 0 saturated carbocycles. The van der Waals surface area contributed by atoms with Crippen molar-refractivity contribution in [1.82, 2.24) is 0 Å². The van der Waals surface area contributed by atoms with Crippen LogP contribution in [-0.4, -0.2) is 46.7 Å². The summed E-state index contributed by atoms with van der Waals surface area (Å²) in [4.78, 5) is 34.5. The molecule has 0 fully saturated rings. The Morgan fingerprint density at radius 3 is 2.44 bits per heavy atom. The first-order valence-corrected chi connectivity index (χ1v) is 8.28. The van der Waals surface area contributed by atoms with Crippen molar-refractivity contribution in [1.29, 1.82) is 0 Å². The largest absolute Gasteiger partial charge is 0.510 e. The van der Waals surface area contributed by atoms with E-state index in [0.29, 0.717) is 17.7 Å². The van der Waals surface area contributed by atoms with Crippen LogP contribution in [0.3, 0.4) is 0 Å². The summed E-state index contributed by atoms with van der Waals surface area (Å²) in [5.74, 6) is -4.88. The maximum absolute atomic E-state index is 12.4. The van der Waals surface area contributed by atoms with E-state index in [1.54, 1.807) is 24.3 Å². The summed E-state index contributed by atoms with van der Waals surface area (Å²) in [6.45, 7) is 0.236. The molecule has 27 heavy (non-hydrogen) atoms. The van der Waals surface area contributed by atoms with E-state index >= 15 is 0 Å². The van der Waals surface area contributed by atoms with Crippen molar-refractivity contribution in [3.63, 3.8) is 0 Å². The van der Waals surface area contributed by atoms with Gasteiger partial charge in [-0.05, 0) is 24.1 Å². The lowest BCUT2D eigenvalue weighted by Crippen LogP contribution is -2.35. The molecule has 2 unspecified atom stereocenters. The Labute approximate surface area is 155 Å². The third-order valence-electron chi connectivity index (χ3n) is 4.18. The van der Waals surface area contributed by atoms with Gasteiger partial charge < -0.3 is 20.1 Å². The Kier molecular flexibility index (Phi) is 6.64. The van der Waals surface area contributed by atoms with E-state index < -0.39 is 29.6 Å². The molecule has 0 aliphatic heterocycles. The lowest BCUT2D eigenvalue weighted by molar-refractivity contribution is -0.147. The molecule has 0 saturated heterocycles. The predicted octanol–water partition coefficient (Wildman–Crippen LogP) is 2.54. The van der Waals surface area contributed by atoms with Gasteiger partial charge in [0.2, 0.25) is 5.78 Å². The molecule has 0 amide bonds. The fourth-order valence-electron chi connectivity index (χ4n) is 2.92. The van der Waals surface area contributed by atoms with Crippen molar-refractivity contribution in [2.75, 3.05) is 13.7 Å². The zero-order chi connectivity index (χ0) is 20.0. The normalized spacial score (nSPS) is 20.1. The number of ketones is 1. The average molecular weight is 376 g/mol. The van der Waals surface area contributed by atoms with E-state index in [2.05, 4.69) is 10.2 Å². The van der Waals surface area contributed by atoms with Crippen LogP contribution in [0.1, 0.15) is 30.7 Å². The SMILES string of the molecule is C/N=N\C1=C(O)CC(c2ccc(OCCCC(=O)O)cc2)C(C(=O)O)C1=O. The van der Waals surface area contributed by atoms with Gasteiger partial charge in [-0.25, -0.2) is 0 Å². The highest BCUT2D eigenvalue weighted by molar-refractivity contribution is 6.09. The first kappa shape index (κ1) is 20.1. The van der Waals surface area contributed by atoms with E-state index in [1.165, 1.54) is 7.05 Å². The number of nitrogens with zero attached hydrogens (tertiary/aromatic N) is 2. The van der Waals surface area contributed by atoms with Crippen LogP contribution < -0.4 is 4.74 Å². The Morgan fingerprint density at radius 2 is 1.89 bits per heavy atom. The number of hydrogen-bond donors (Lipinski definition) is 3. The van der Waals surface area contributed by atoms with Gasteiger partial charge in [-0.15, -0.1) is 5.11 Å². The number of carboxylic acid groups (broad SMARTS) is 2. The fraction of sp³-hybridized carbons (Fsp3) is 0.389. The first-order chi connectivity index (χ1) is 12.8. The highest BCUT2D eigenvalue weighted by atomic mass is 16.5. The van der Waals surface area contributed by atoms with Crippen LogP contribution in [0, 0.1) is 5.92 Å². The van der Waals surface area contributed by atoms with Gasteiger partial charge in [0, 0.05) is 25.8 Å². The number of aliphatic hydroxyl groups excluding tert-OH is 1. The summed E-state index contributed by atoms with van der Waals surface area (Å²) in [5.41, 5.74) is 0.243. The second kappa shape index (κ2) is 8.93. The van der Waals surface area contributed by atoms with E-state index in [4.69, 9.17) is 9.84 Å². The number of allylic oxidation sites excluding steroid dienone is 2. The summed E-state index contributed by atoms with van der Waals surface area (Å²) in [5, 5.41) is 35.2. The number of aliphatic carboxylic acids is 2. The van der Waals surface area contributed by atoms with E-state index in [0.717, 1.165) is 0 Å². The molecule has 1 aromatic carbocycles. The number of benzene rings is 1. The van der Waals surface area contributed by atoms with Crippen molar-refractivity contribution in [3.05, 3.63) is 41.3 Å². The molecule has 1 aliphatic carbocycles. The molecule has 0 spiro atoms. The van der Waals surface area contributed by atoms with Crippen molar-refractivity contribution in [2.45, 2.75) is 25.2 Å². The van der Waals surface area contributed by atoms with Gasteiger partial charge in [0.25, 0.3) is 0 Å². The number of carboxylic acids is 2. The standard InChI is InChI=1S/C18H20N2O7/c1-19-20-16-13(21)9-12(15(17(16)24)18(25)26)10-4-6-11(7-5-10)27-8-2-3-14(22)23/h4-7,12,15,21H,2-3,8-9H2,1H3,(H,22,23)(H,25,26)/b20-19-. The van der Waals surface area contributed by atoms with Crippen molar-refractivity contribution < 1.29 is 34.4 Å². The molecular formula is C18H20N2O7. The van der Waals surface area contributed by atoms with Crippen molar-refractivity contribution in [2.24, 2.45) is 16.1 Å². The molecule has 3 N–H and O–H groups in total. The Morgan fingerprint density at radius 1 is 1.22 bits per heavy atom. The molecule has 0 aromatic heterocycles. The molecule has 9 heteroatoms. The maximum atomic E-state index is 12.4. The summed E-state index contributed by atoms with van der Waals surface area (Å²) in [6, 6.07) is 6.48. The molecule has 2 atom stereocenters. The van der Waals surface area contributed by atoms with Gasteiger partial charge in [-0.1, -0.05) is 12.1 Å². The molecule has 0 bridgehead atoms. The molecule has 0 heterocycles. The lowest BCUT2D eigenvalue weighted by Gasteiger charge is -2.27. The highest BCUT2D eigenvalue weighted by Gasteiger charge is 2.43. The number of ether oxygens (including phenoxy) is 1. The second-order valence-electron chi connectivity index (χ2n) is 6.00. The minimum atomic E-state index is -1.37. The number of hydrogen-bond acceptors (Lipinski definition) is 7. The van der Waals surface area contributed by atoms with Crippen molar-refractivity contribution >= 4 is 17.7 Å². The molecular weight excluding hydrogens is 356 g/mol. The Balaban J connectivity index is 2.17. The number of carbonyl (C=O) groups is 3. The van der Waals surface area contributed by atoms with Crippen LogP contribution in [0.5, 0.6) is 5.75 Å². The van der Waals surface area contributed by atoms with Crippen molar-refractivity contribution in [3.8, 4) is 5.75 Å². The van der Waals surface area contributed by atoms with Gasteiger partial charge in [-0.3, -0.25) is 14.4 Å². The molecule has 0 radical (unpaired) electrons. The molecule has 1 aliphatic rings. The smallest absolute Gasteiger partial charge is 0.315 e. The molecule has 144 valence electrons. The zero-order valence-electron chi connectivity index (χ0n) is 14.7. The number of azo groups is 1. The van der Waals surface area contributed by atoms with Crippen LogP contribution >= 0.6 is 0 Å².